The van der Waals surface area contributed by atoms with Crippen LogP contribution in [0.5, 0.6) is 0 Å². The number of benzene rings is 2. The van der Waals surface area contributed by atoms with Crippen LogP contribution in [0.15, 0.2) is 53.6 Å². The Morgan fingerprint density at radius 2 is 1.91 bits per heavy atom. The van der Waals surface area contributed by atoms with E-state index in [4.69, 9.17) is 20.7 Å². The first-order valence-electron chi connectivity index (χ1n) is 11.0. The highest BCUT2D eigenvalue weighted by molar-refractivity contribution is 7.85. The Labute approximate surface area is 206 Å². The van der Waals surface area contributed by atoms with Crippen molar-refractivity contribution in [2.24, 2.45) is 0 Å². The van der Waals surface area contributed by atoms with Gasteiger partial charge in [0, 0.05) is 28.9 Å². The number of ether oxygens (including phenoxy) is 1. The van der Waals surface area contributed by atoms with E-state index in [1.54, 1.807) is 50.5 Å². The predicted octanol–water partition coefficient (Wildman–Crippen LogP) is 3.56. The summed E-state index contributed by atoms with van der Waals surface area (Å²) < 4.78 is 32.3. The number of aliphatic hydroxyl groups excluding tert-OH is 1. The largest absolute Gasteiger partial charge is 0.419 e. The van der Waals surface area contributed by atoms with Crippen molar-refractivity contribution in [1.82, 2.24) is 15.3 Å². The molecule has 8 nitrogen and oxygen atoms in total. The number of hydrogen-bond donors (Lipinski definition) is 4. The summed E-state index contributed by atoms with van der Waals surface area (Å²) in [6.07, 6.45) is 2.00. The van der Waals surface area contributed by atoms with Gasteiger partial charge >= 0.3 is 0 Å². The highest BCUT2D eigenvalue weighted by Crippen LogP contribution is 2.22. The SMILES string of the molecule is CNCc1ccc(C(=N)OC(=N)c2nc(-c3ccc(S(=O)C(C)CCO)cc3)cnc2C)c(F)c1. The molecule has 35 heavy (non-hydrogen) atoms. The second-order valence-corrected chi connectivity index (χ2v) is 9.81. The van der Waals surface area contributed by atoms with E-state index >= 15 is 0 Å². The Morgan fingerprint density at radius 1 is 1.20 bits per heavy atom. The molecule has 0 bridgehead atoms. The minimum absolute atomic E-state index is 0.0213. The first-order chi connectivity index (χ1) is 16.7. The minimum Gasteiger partial charge on any atom is -0.419 e. The number of halogens is 1. The van der Waals surface area contributed by atoms with Gasteiger partial charge in [-0.1, -0.05) is 25.1 Å². The monoisotopic (exact) mass is 497 g/mol. The fourth-order valence-electron chi connectivity index (χ4n) is 3.35. The Kier molecular flexibility index (Phi) is 8.91. The van der Waals surface area contributed by atoms with Crippen molar-refractivity contribution in [3.05, 3.63) is 77.0 Å². The summed E-state index contributed by atoms with van der Waals surface area (Å²) >= 11 is 0. The lowest BCUT2D eigenvalue weighted by Crippen LogP contribution is -2.17. The molecule has 10 heteroatoms. The number of rotatable bonds is 9. The van der Waals surface area contributed by atoms with Gasteiger partial charge in [-0.2, -0.15) is 0 Å². The van der Waals surface area contributed by atoms with Gasteiger partial charge in [0.15, 0.2) is 0 Å². The predicted molar refractivity (Wildman–Crippen MR) is 134 cm³/mol. The quantitative estimate of drug-likeness (QED) is 0.264. The summed E-state index contributed by atoms with van der Waals surface area (Å²) in [4.78, 5) is 9.40. The van der Waals surface area contributed by atoms with Gasteiger partial charge in [-0.25, -0.2) is 9.37 Å². The van der Waals surface area contributed by atoms with Crippen molar-refractivity contribution in [3.8, 4) is 11.3 Å². The van der Waals surface area contributed by atoms with E-state index in [9.17, 15) is 8.60 Å². The van der Waals surface area contributed by atoms with Gasteiger partial charge in [0.05, 0.1) is 33.9 Å². The highest BCUT2D eigenvalue weighted by Gasteiger charge is 2.18. The number of aryl methyl sites for hydroxylation is 1. The first-order valence-corrected chi connectivity index (χ1v) is 12.2. The van der Waals surface area contributed by atoms with E-state index < -0.39 is 28.4 Å². The standard InChI is InChI=1S/C25H28FN5O3S/c1-15(10-11-32)35(33)19-7-5-18(6-8-19)22-14-30-16(2)23(31-22)25(28)34-24(27)20-9-4-17(13-29-3)12-21(20)26/h4-9,12,14-15,27-29,32H,10-11,13H2,1-3H3. The molecule has 4 N–H and O–H groups in total. The molecule has 1 aromatic heterocycles. The first kappa shape index (κ1) is 26.3. The van der Waals surface area contributed by atoms with Crippen molar-refractivity contribution in [2.75, 3.05) is 13.7 Å². The summed E-state index contributed by atoms with van der Waals surface area (Å²) in [5.41, 5.74) is 2.38. The van der Waals surface area contributed by atoms with Crippen molar-refractivity contribution in [3.63, 3.8) is 0 Å². The second kappa shape index (κ2) is 11.9. The Balaban J connectivity index is 1.78. The van der Waals surface area contributed by atoms with Gasteiger partial charge in [0.25, 0.3) is 0 Å². The van der Waals surface area contributed by atoms with Crippen molar-refractivity contribution in [2.45, 2.75) is 37.0 Å². The molecular formula is C25H28FN5O3S. The summed E-state index contributed by atoms with van der Waals surface area (Å²) in [5, 5.41) is 28.3. The van der Waals surface area contributed by atoms with Crippen LogP contribution in [0.25, 0.3) is 11.3 Å². The molecule has 0 aliphatic heterocycles. The highest BCUT2D eigenvalue weighted by atomic mass is 32.2. The zero-order chi connectivity index (χ0) is 25.5. The summed E-state index contributed by atoms with van der Waals surface area (Å²) in [6.45, 7) is 3.95. The molecule has 0 radical (unpaired) electrons. The number of hydrogen-bond acceptors (Lipinski definition) is 8. The van der Waals surface area contributed by atoms with Crippen LogP contribution in [0.3, 0.4) is 0 Å². The number of aliphatic hydroxyl groups is 1. The van der Waals surface area contributed by atoms with Gasteiger partial charge in [-0.05, 0) is 50.2 Å². The third-order valence-corrected chi connectivity index (χ3v) is 7.02. The zero-order valence-corrected chi connectivity index (χ0v) is 20.6. The van der Waals surface area contributed by atoms with Crippen LogP contribution in [0.2, 0.25) is 0 Å². The minimum atomic E-state index is -1.25. The van der Waals surface area contributed by atoms with Crippen LogP contribution in [-0.4, -0.2) is 50.0 Å². The maximum absolute atomic E-state index is 14.4. The number of nitrogens with zero attached hydrogens (tertiary/aromatic N) is 2. The molecule has 1 heterocycles. The molecule has 2 aromatic carbocycles. The fourth-order valence-corrected chi connectivity index (χ4v) is 4.54. The molecule has 0 aliphatic carbocycles. The average molecular weight is 498 g/mol. The Hall–Kier alpha value is -3.34. The van der Waals surface area contributed by atoms with Gasteiger partial charge in [0.1, 0.15) is 11.5 Å². The number of aromatic nitrogens is 2. The van der Waals surface area contributed by atoms with E-state index in [0.717, 1.165) is 5.56 Å². The average Bonchev–Trinajstić information content (AvgIpc) is 2.84. The van der Waals surface area contributed by atoms with Gasteiger partial charge < -0.3 is 15.2 Å². The molecule has 0 saturated carbocycles. The van der Waals surface area contributed by atoms with Crippen molar-refractivity contribution >= 4 is 22.6 Å². The van der Waals surface area contributed by atoms with E-state index in [0.29, 0.717) is 34.8 Å². The van der Waals surface area contributed by atoms with Gasteiger partial charge in [-0.3, -0.25) is 20.0 Å². The molecule has 0 fully saturated rings. The normalized spacial score (nSPS) is 12.7. The fraction of sp³-hybridized carbons (Fsp3) is 0.280. The maximum Gasteiger partial charge on any atom is 0.241 e. The molecule has 2 atom stereocenters. The number of nitrogens with one attached hydrogen (secondary N) is 3. The molecule has 2 unspecified atom stereocenters. The molecule has 3 aromatic rings. The molecule has 0 aliphatic rings. The topological polar surface area (TPSA) is 132 Å². The molecule has 0 saturated heterocycles. The van der Waals surface area contributed by atoms with Crippen molar-refractivity contribution < 1.29 is 18.4 Å². The van der Waals surface area contributed by atoms with Gasteiger partial charge in [-0.15, -0.1) is 0 Å². The van der Waals surface area contributed by atoms with E-state index in [2.05, 4.69) is 15.3 Å². The molecule has 3 rings (SSSR count). The lowest BCUT2D eigenvalue weighted by atomic mass is 10.1. The summed E-state index contributed by atoms with van der Waals surface area (Å²) in [5.74, 6) is -1.53. The van der Waals surface area contributed by atoms with E-state index in [-0.39, 0.29) is 23.1 Å². The summed E-state index contributed by atoms with van der Waals surface area (Å²) in [6, 6.07) is 11.4. The second-order valence-electron chi connectivity index (χ2n) is 7.94. The lowest BCUT2D eigenvalue weighted by Gasteiger charge is -2.12. The Bertz CT molecular complexity index is 1250. The Morgan fingerprint density at radius 3 is 2.54 bits per heavy atom. The van der Waals surface area contributed by atoms with Crippen LogP contribution < -0.4 is 5.32 Å². The third-order valence-electron chi connectivity index (χ3n) is 5.32. The smallest absolute Gasteiger partial charge is 0.241 e. The molecule has 0 amide bonds. The van der Waals surface area contributed by atoms with Gasteiger partial charge in [0.2, 0.25) is 11.8 Å². The van der Waals surface area contributed by atoms with Crippen LogP contribution in [0.1, 0.15) is 35.9 Å². The van der Waals surface area contributed by atoms with E-state index in [1.165, 1.54) is 12.1 Å². The molecule has 184 valence electrons. The van der Waals surface area contributed by atoms with Crippen molar-refractivity contribution in [1.29, 1.82) is 10.8 Å². The van der Waals surface area contributed by atoms with Crippen LogP contribution in [0, 0.1) is 23.6 Å². The van der Waals surface area contributed by atoms with E-state index in [1.807, 2.05) is 6.92 Å². The maximum atomic E-state index is 14.4. The zero-order valence-electron chi connectivity index (χ0n) is 19.8. The van der Waals surface area contributed by atoms with Crippen LogP contribution in [0.4, 0.5) is 4.39 Å². The lowest BCUT2D eigenvalue weighted by molar-refractivity contribution is 0.288. The third kappa shape index (κ3) is 6.41. The van der Waals surface area contributed by atoms with Crippen LogP contribution in [-0.2, 0) is 22.1 Å². The van der Waals surface area contributed by atoms with Crippen LogP contribution >= 0.6 is 0 Å². The molecular weight excluding hydrogens is 469 g/mol. The molecule has 0 spiro atoms. The summed E-state index contributed by atoms with van der Waals surface area (Å²) in [7, 11) is 0.509.